The van der Waals surface area contributed by atoms with E-state index in [0.29, 0.717) is 29.5 Å². The second kappa shape index (κ2) is 8.19. The van der Waals surface area contributed by atoms with Gasteiger partial charge in [-0.1, -0.05) is 19.9 Å². The molecule has 0 aliphatic rings. The Morgan fingerprint density at radius 2 is 1.92 bits per heavy atom. The van der Waals surface area contributed by atoms with Gasteiger partial charge < -0.3 is 19.9 Å². The van der Waals surface area contributed by atoms with E-state index in [1.165, 1.54) is 25.3 Å². The first-order chi connectivity index (χ1) is 11.9. The molecular weight excluding hydrogens is 322 g/mol. The zero-order valence-electron chi connectivity index (χ0n) is 14.4. The van der Waals surface area contributed by atoms with E-state index in [2.05, 4.69) is 5.32 Å². The average Bonchev–Trinajstić information content (AvgIpc) is 2.59. The molecule has 0 aliphatic heterocycles. The molecule has 25 heavy (non-hydrogen) atoms. The average molecular weight is 343 g/mol. The van der Waals surface area contributed by atoms with Crippen molar-refractivity contribution in [1.29, 1.82) is 0 Å². The zero-order valence-corrected chi connectivity index (χ0v) is 14.4. The minimum atomic E-state index is -1.09. The third kappa shape index (κ3) is 4.97. The van der Waals surface area contributed by atoms with Crippen molar-refractivity contribution in [2.24, 2.45) is 5.92 Å². The summed E-state index contributed by atoms with van der Waals surface area (Å²) in [7, 11) is 1.38. The third-order valence-electron chi connectivity index (χ3n) is 3.37. The van der Waals surface area contributed by atoms with Crippen molar-refractivity contribution in [3.8, 4) is 11.5 Å². The Hall–Kier alpha value is -3.02. The van der Waals surface area contributed by atoms with Crippen molar-refractivity contribution < 1.29 is 24.2 Å². The molecule has 0 saturated carbocycles. The van der Waals surface area contributed by atoms with Crippen LogP contribution >= 0.6 is 0 Å². The van der Waals surface area contributed by atoms with Crippen LogP contribution in [0.4, 0.5) is 5.69 Å². The van der Waals surface area contributed by atoms with E-state index in [1.54, 1.807) is 24.3 Å². The number of rotatable bonds is 7. The Morgan fingerprint density at radius 1 is 1.16 bits per heavy atom. The molecule has 0 saturated heterocycles. The maximum absolute atomic E-state index is 12.4. The quantitative estimate of drug-likeness (QED) is 0.801. The van der Waals surface area contributed by atoms with Crippen molar-refractivity contribution >= 4 is 17.6 Å². The number of anilines is 1. The van der Waals surface area contributed by atoms with E-state index < -0.39 is 5.97 Å². The molecule has 2 N–H and O–H groups in total. The predicted molar refractivity (Wildman–Crippen MR) is 94.7 cm³/mol. The number of carbonyl (C=O) groups is 2. The lowest BCUT2D eigenvalue weighted by Gasteiger charge is -2.11. The normalized spacial score (nSPS) is 10.4. The smallest absolute Gasteiger partial charge is 0.339 e. The number of hydrogen-bond acceptors (Lipinski definition) is 4. The number of nitrogens with one attached hydrogen (secondary N) is 1. The Kier molecular flexibility index (Phi) is 6.00. The Balaban J connectivity index is 2.14. The van der Waals surface area contributed by atoms with E-state index >= 15 is 0 Å². The highest BCUT2D eigenvalue weighted by Gasteiger charge is 2.13. The highest BCUT2D eigenvalue weighted by atomic mass is 16.5. The highest BCUT2D eigenvalue weighted by molar-refractivity contribution is 6.05. The second-order valence-corrected chi connectivity index (χ2v) is 5.91. The molecule has 0 heterocycles. The summed E-state index contributed by atoms with van der Waals surface area (Å²) in [5, 5.41) is 11.8. The van der Waals surface area contributed by atoms with Gasteiger partial charge in [-0.2, -0.15) is 0 Å². The van der Waals surface area contributed by atoms with Gasteiger partial charge in [-0.05, 0) is 36.2 Å². The number of carboxylic acids is 1. The number of benzene rings is 2. The number of amides is 1. The van der Waals surface area contributed by atoms with Crippen LogP contribution in [-0.2, 0) is 0 Å². The van der Waals surface area contributed by atoms with E-state index in [-0.39, 0.29) is 17.2 Å². The molecule has 6 nitrogen and oxygen atoms in total. The van der Waals surface area contributed by atoms with Gasteiger partial charge in [0.15, 0.2) is 0 Å². The fourth-order valence-corrected chi connectivity index (χ4v) is 2.14. The first-order valence-corrected chi connectivity index (χ1v) is 7.86. The predicted octanol–water partition coefficient (Wildman–Crippen LogP) is 3.68. The van der Waals surface area contributed by atoms with Crippen LogP contribution in [0.15, 0.2) is 42.5 Å². The first-order valence-electron chi connectivity index (χ1n) is 7.86. The molecule has 0 fully saturated rings. The van der Waals surface area contributed by atoms with Crippen molar-refractivity contribution in [2.75, 3.05) is 19.0 Å². The Labute approximate surface area is 146 Å². The molecule has 132 valence electrons. The van der Waals surface area contributed by atoms with Crippen LogP contribution in [0.5, 0.6) is 11.5 Å². The minimum Gasteiger partial charge on any atom is -0.496 e. The molecule has 2 rings (SSSR count). The van der Waals surface area contributed by atoms with Crippen LogP contribution in [0.3, 0.4) is 0 Å². The van der Waals surface area contributed by atoms with Gasteiger partial charge in [-0.15, -0.1) is 0 Å². The fraction of sp³-hybridized carbons (Fsp3) is 0.263. The molecule has 2 aromatic carbocycles. The summed E-state index contributed by atoms with van der Waals surface area (Å²) in [6.07, 6.45) is 0. The van der Waals surface area contributed by atoms with Crippen molar-refractivity contribution in [1.82, 2.24) is 0 Å². The van der Waals surface area contributed by atoms with Gasteiger partial charge in [0.05, 0.1) is 13.7 Å². The number of ether oxygens (including phenoxy) is 2. The number of aromatic carboxylic acids is 1. The van der Waals surface area contributed by atoms with Gasteiger partial charge >= 0.3 is 5.97 Å². The van der Waals surface area contributed by atoms with Gasteiger partial charge in [0.2, 0.25) is 0 Å². The summed E-state index contributed by atoms with van der Waals surface area (Å²) in [5.41, 5.74) is 0.924. The lowest BCUT2D eigenvalue weighted by molar-refractivity contribution is 0.0693. The number of methoxy groups -OCH3 is 1. The summed E-state index contributed by atoms with van der Waals surface area (Å²) < 4.78 is 10.7. The van der Waals surface area contributed by atoms with E-state index in [9.17, 15) is 9.59 Å². The van der Waals surface area contributed by atoms with E-state index in [0.717, 1.165) is 0 Å². The van der Waals surface area contributed by atoms with Crippen LogP contribution in [0, 0.1) is 5.92 Å². The first kappa shape index (κ1) is 18.3. The van der Waals surface area contributed by atoms with Crippen molar-refractivity contribution in [3.63, 3.8) is 0 Å². The minimum absolute atomic E-state index is 0.0320. The molecule has 1 amide bonds. The van der Waals surface area contributed by atoms with Crippen molar-refractivity contribution in [2.45, 2.75) is 13.8 Å². The van der Waals surface area contributed by atoms with E-state index in [4.69, 9.17) is 14.6 Å². The topological polar surface area (TPSA) is 84.9 Å². The number of carbonyl (C=O) groups excluding carboxylic acids is 1. The Bertz CT molecular complexity index is 770. The SMILES string of the molecule is COc1cc(NC(=O)c2cccc(OCC(C)C)c2)ccc1C(=O)O. The number of hydrogen-bond donors (Lipinski definition) is 2. The molecule has 0 unspecified atom stereocenters. The summed E-state index contributed by atoms with van der Waals surface area (Å²) in [6.45, 7) is 4.66. The molecule has 0 atom stereocenters. The van der Waals surface area contributed by atoms with Gasteiger partial charge in [0.25, 0.3) is 5.91 Å². The highest BCUT2D eigenvalue weighted by Crippen LogP contribution is 2.24. The van der Waals surface area contributed by atoms with Gasteiger partial charge in [0, 0.05) is 17.3 Å². The van der Waals surface area contributed by atoms with E-state index in [1.807, 2.05) is 13.8 Å². The van der Waals surface area contributed by atoms with Crippen LogP contribution in [0.1, 0.15) is 34.6 Å². The monoisotopic (exact) mass is 343 g/mol. The molecule has 0 aliphatic carbocycles. The molecule has 0 radical (unpaired) electrons. The molecular formula is C19H21NO5. The van der Waals surface area contributed by atoms with Crippen LogP contribution < -0.4 is 14.8 Å². The standard InChI is InChI=1S/C19H21NO5/c1-12(2)11-25-15-6-4-5-13(9-15)18(21)20-14-7-8-16(19(22)23)17(10-14)24-3/h4-10,12H,11H2,1-3H3,(H,20,21)(H,22,23). The zero-order chi connectivity index (χ0) is 18.4. The lowest BCUT2D eigenvalue weighted by Crippen LogP contribution is -2.13. The number of carboxylic acid groups (broad SMARTS) is 1. The molecule has 0 bridgehead atoms. The summed E-state index contributed by atoms with van der Waals surface area (Å²) >= 11 is 0. The molecule has 0 aromatic heterocycles. The maximum atomic E-state index is 12.4. The third-order valence-corrected chi connectivity index (χ3v) is 3.37. The van der Waals surface area contributed by atoms with Gasteiger partial charge in [-0.25, -0.2) is 4.79 Å². The summed E-state index contributed by atoms with van der Waals surface area (Å²) in [4.78, 5) is 23.5. The Morgan fingerprint density at radius 3 is 2.56 bits per heavy atom. The maximum Gasteiger partial charge on any atom is 0.339 e. The van der Waals surface area contributed by atoms with Crippen molar-refractivity contribution in [3.05, 3.63) is 53.6 Å². The largest absolute Gasteiger partial charge is 0.496 e. The van der Waals surface area contributed by atoms with Gasteiger partial charge in [0.1, 0.15) is 17.1 Å². The van der Waals surface area contributed by atoms with Crippen LogP contribution in [0.2, 0.25) is 0 Å². The fourth-order valence-electron chi connectivity index (χ4n) is 2.14. The second-order valence-electron chi connectivity index (χ2n) is 5.91. The molecule has 6 heteroatoms. The summed E-state index contributed by atoms with van der Waals surface area (Å²) in [5.74, 6) is -0.220. The lowest BCUT2D eigenvalue weighted by atomic mass is 10.1. The summed E-state index contributed by atoms with van der Waals surface area (Å²) in [6, 6.07) is 11.3. The van der Waals surface area contributed by atoms with Crippen LogP contribution in [-0.4, -0.2) is 30.7 Å². The molecule has 2 aromatic rings. The van der Waals surface area contributed by atoms with Gasteiger partial charge in [-0.3, -0.25) is 4.79 Å². The molecule has 0 spiro atoms. The van der Waals surface area contributed by atoms with Crippen LogP contribution in [0.25, 0.3) is 0 Å².